The molecule has 0 aromatic rings. The summed E-state index contributed by atoms with van der Waals surface area (Å²) in [6.07, 6.45) is 2.82. The van der Waals surface area contributed by atoms with Crippen LogP contribution in [-0.2, 0) is 14.2 Å². The zero-order valence-corrected chi connectivity index (χ0v) is 21.2. The predicted molar refractivity (Wildman–Crippen MR) is 115 cm³/mol. The molecule has 128 valence electrons. The van der Waals surface area contributed by atoms with Crippen molar-refractivity contribution < 1.29 is 14.2 Å². The maximum absolute atomic E-state index is 5.50. The van der Waals surface area contributed by atoms with E-state index in [9.17, 15) is 0 Å². The van der Waals surface area contributed by atoms with Crippen molar-refractivity contribution in [3.05, 3.63) is 0 Å². The average molecular weight is 615 g/mol. The van der Waals surface area contributed by atoms with Crippen LogP contribution in [0.15, 0.2) is 0 Å². The van der Waals surface area contributed by atoms with Gasteiger partial charge < -0.3 is 0 Å². The quantitative estimate of drug-likeness (QED) is 0.253. The Balaban J connectivity index is 4.44. The Morgan fingerprint density at radius 2 is 0.955 bits per heavy atom. The zero-order chi connectivity index (χ0) is 16.8. The zero-order valence-electron chi connectivity index (χ0n) is 12.9. The fourth-order valence-corrected chi connectivity index (χ4v) is 36.4. The SMILES string of the molecule is CCCOC(=S)[S][Bi]([S]C(=S)OCCC)[S]C(=S)OCCC. The van der Waals surface area contributed by atoms with Gasteiger partial charge in [0.15, 0.2) is 0 Å². The van der Waals surface area contributed by atoms with E-state index in [1.807, 2.05) is 0 Å². The molecule has 0 saturated carbocycles. The summed E-state index contributed by atoms with van der Waals surface area (Å²) in [7, 11) is 4.84. The van der Waals surface area contributed by atoms with E-state index in [1.54, 1.807) is 25.6 Å². The van der Waals surface area contributed by atoms with Gasteiger partial charge in [-0.1, -0.05) is 0 Å². The maximum atomic E-state index is 5.50. The topological polar surface area (TPSA) is 27.7 Å². The first kappa shape index (κ1) is 23.6. The van der Waals surface area contributed by atoms with Crippen LogP contribution < -0.4 is 0 Å². The van der Waals surface area contributed by atoms with Gasteiger partial charge in [0.25, 0.3) is 0 Å². The number of thiocarbonyl (C=S) groups is 3. The van der Waals surface area contributed by atoms with Gasteiger partial charge in [0.05, 0.1) is 0 Å². The third-order valence-corrected chi connectivity index (χ3v) is 31.4. The Morgan fingerprint density at radius 1 is 0.682 bits per heavy atom. The van der Waals surface area contributed by atoms with Gasteiger partial charge in [-0.25, -0.2) is 0 Å². The molecular weight excluding hydrogens is 594 g/mol. The molecule has 0 heterocycles. The second-order valence-corrected chi connectivity index (χ2v) is 31.2. The van der Waals surface area contributed by atoms with Crippen molar-refractivity contribution in [2.24, 2.45) is 0 Å². The molecule has 3 nitrogen and oxygen atoms in total. The fraction of sp³-hybridized carbons (Fsp3) is 0.750. The molecule has 0 fully saturated rings. The van der Waals surface area contributed by atoms with Crippen LogP contribution in [0.5, 0.6) is 0 Å². The molecule has 10 heteroatoms. The number of rotatable bonds is 9. The number of ether oxygens (including phenoxy) is 3. The molecule has 0 spiro atoms. The van der Waals surface area contributed by atoms with Gasteiger partial charge in [-0.3, -0.25) is 0 Å². The molecule has 0 aliphatic carbocycles. The van der Waals surface area contributed by atoms with E-state index in [0.29, 0.717) is 33.0 Å². The molecular formula is C12H21BiO3S6. The van der Waals surface area contributed by atoms with Crippen LogP contribution in [0.2, 0.25) is 0 Å². The van der Waals surface area contributed by atoms with E-state index >= 15 is 0 Å². The summed E-state index contributed by atoms with van der Waals surface area (Å²) < 4.78 is 18.2. The van der Waals surface area contributed by atoms with Crippen molar-refractivity contribution in [3.63, 3.8) is 0 Å². The standard InChI is InChI=1S/3C4H8OS2.Bi/c3*1-2-3-5-4(6)7;/h3*2-3H2,1H3,(H,6,7);/q;;;+3/p-3. The summed E-state index contributed by atoms with van der Waals surface area (Å²) in [6, 6.07) is 0. The Bertz CT molecular complexity index is 303. The van der Waals surface area contributed by atoms with Crippen molar-refractivity contribution in [2.75, 3.05) is 19.8 Å². The van der Waals surface area contributed by atoms with E-state index in [1.165, 1.54) is 0 Å². The van der Waals surface area contributed by atoms with Gasteiger partial charge in [-0.05, 0) is 0 Å². The van der Waals surface area contributed by atoms with Gasteiger partial charge >= 0.3 is 167 Å². The van der Waals surface area contributed by atoms with Crippen molar-refractivity contribution >= 4 is 92.7 Å². The molecule has 0 bridgehead atoms. The Morgan fingerprint density at radius 3 is 1.18 bits per heavy atom. The number of hydrogen-bond donors (Lipinski definition) is 0. The average Bonchev–Trinajstić information content (AvgIpc) is 2.48. The van der Waals surface area contributed by atoms with Crippen molar-refractivity contribution in [1.82, 2.24) is 0 Å². The summed E-state index contributed by atoms with van der Waals surface area (Å²) in [5.74, 6) is 0. The summed E-state index contributed by atoms with van der Waals surface area (Å²) >= 11 is 13.5. The van der Waals surface area contributed by atoms with Crippen LogP contribution in [0.4, 0.5) is 0 Å². The first-order valence-electron chi connectivity index (χ1n) is 6.87. The Kier molecular flexibility index (Phi) is 17.3. The third kappa shape index (κ3) is 14.0. The van der Waals surface area contributed by atoms with Crippen molar-refractivity contribution in [2.45, 2.75) is 40.0 Å². The van der Waals surface area contributed by atoms with E-state index in [-0.39, 0.29) is 0 Å². The summed E-state index contributed by atoms with van der Waals surface area (Å²) in [5.41, 5.74) is 0. The molecule has 0 rings (SSSR count). The first-order valence-corrected chi connectivity index (χ1v) is 23.2. The molecule has 22 heavy (non-hydrogen) atoms. The van der Waals surface area contributed by atoms with E-state index in [0.717, 1.165) is 19.3 Å². The fourth-order valence-electron chi connectivity index (χ4n) is 0.874. The van der Waals surface area contributed by atoms with Gasteiger partial charge in [-0.15, -0.1) is 0 Å². The van der Waals surface area contributed by atoms with E-state index in [4.69, 9.17) is 50.9 Å². The van der Waals surface area contributed by atoms with E-state index in [2.05, 4.69) is 20.8 Å². The van der Waals surface area contributed by atoms with Crippen molar-refractivity contribution in [3.8, 4) is 0 Å². The predicted octanol–water partition coefficient (Wildman–Crippen LogP) is 5.31. The van der Waals surface area contributed by atoms with Crippen LogP contribution in [0.25, 0.3) is 0 Å². The first-order chi connectivity index (χ1) is 10.5. The molecule has 0 aromatic carbocycles. The summed E-state index contributed by atoms with van der Waals surface area (Å²) in [5, 5.41) is 0. The van der Waals surface area contributed by atoms with Crippen LogP contribution in [-0.4, -0.2) is 50.3 Å². The molecule has 0 amide bonds. The molecule has 0 saturated heterocycles. The van der Waals surface area contributed by atoms with Crippen LogP contribution in [0.3, 0.4) is 0 Å². The molecule has 0 unspecified atom stereocenters. The minimum atomic E-state index is -2.29. The van der Waals surface area contributed by atoms with Gasteiger partial charge in [0, 0.05) is 0 Å². The summed E-state index contributed by atoms with van der Waals surface area (Å²) in [4.78, 5) is 0. The van der Waals surface area contributed by atoms with E-state index < -0.39 is 17.4 Å². The third-order valence-electron chi connectivity index (χ3n) is 1.72. The molecule has 0 aromatic heterocycles. The molecule has 0 radical (unpaired) electrons. The van der Waals surface area contributed by atoms with Gasteiger partial charge in [0.1, 0.15) is 0 Å². The molecule has 0 atom stereocenters. The molecule has 0 aliphatic heterocycles. The summed E-state index contributed by atoms with van der Waals surface area (Å²) in [6.45, 7) is 8.10. The monoisotopic (exact) mass is 614 g/mol. The molecule has 0 aliphatic rings. The van der Waals surface area contributed by atoms with Crippen LogP contribution in [0, 0.1) is 0 Å². The minimum absolute atomic E-state index is 0.580. The second kappa shape index (κ2) is 16.1. The van der Waals surface area contributed by atoms with Crippen LogP contribution >= 0.6 is 62.2 Å². The van der Waals surface area contributed by atoms with Crippen LogP contribution in [0.1, 0.15) is 40.0 Å². The van der Waals surface area contributed by atoms with Gasteiger partial charge in [-0.2, -0.15) is 0 Å². The normalized spacial score (nSPS) is 10.4. The van der Waals surface area contributed by atoms with Crippen molar-refractivity contribution in [1.29, 1.82) is 0 Å². The number of hydrogen-bond acceptors (Lipinski definition) is 9. The Labute approximate surface area is 165 Å². The molecule has 0 N–H and O–H groups in total. The second-order valence-electron chi connectivity index (χ2n) is 3.79. The Hall–Kier alpha value is 1.60. The van der Waals surface area contributed by atoms with Gasteiger partial charge in [0.2, 0.25) is 0 Å².